The number of aliphatic carboxylic acids is 1. The topological polar surface area (TPSA) is 66.4 Å². The van der Waals surface area contributed by atoms with Crippen molar-refractivity contribution >= 4 is 18.0 Å². The summed E-state index contributed by atoms with van der Waals surface area (Å²) in [6, 6.07) is 6.74. The van der Waals surface area contributed by atoms with E-state index in [0.29, 0.717) is 0 Å². The first-order valence-corrected chi connectivity index (χ1v) is 5.27. The summed E-state index contributed by atoms with van der Waals surface area (Å²) in [5, 5.41) is 11.0. The standard InChI is InChI=1S/C13H15NO3/c1-9-5-3-4-6-11(9)7-8-12(15)14-10(2)13(16)17/h3-8,10H,1-2H3,(H,14,15)(H,16,17)/b8-7+/t10-/m1/s1. The number of amides is 1. The zero-order chi connectivity index (χ0) is 12.8. The lowest BCUT2D eigenvalue weighted by Gasteiger charge is -2.06. The first-order chi connectivity index (χ1) is 8.00. The van der Waals surface area contributed by atoms with E-state index in [9.17, 15) is 9.59 Å². The molecule has 1 rings (SSSR count). The summed E-state index contributed by atoms with van der Waals surface area (Å²) >= 11 is 0. The monoisotopic (exact) mass is 233 g/mol. The second-order valence-corrected chi connectivity index (χ2v) is 3.76. The van der Waals surface area contributed by atoms with Gasteiger partial charge in [-0.1, -0.05) is 24.3 Å². The second-order valence-electron chi connectivity index (χ2n) is 3.76. The van der Waals surface area contributed by atoms with E-state index in [0.717, 1.165) is 11.1 Å². The normalized spacial score (nSPS) is 12.4. The van der Waals surface area contributed by atoms with E-state index < -0.39 is 17.9 Å². The summed E-state index contributed by atoms with van der Waals surface area (Å²) in [5.41, 5.74) is 1.99. The molecule has 0 aliphatic carbocycles. The molecule has 2 N–H and O–H groups in total. The minimum absolute atomic E-state index is 0.414. The molecule has 0 aliphatic rings. The fraction of sp³-hybridized carbons (Fsp3) is 0.231. The molecular formula is C13H15NO3. The van der Waals surface area contributed by atoms with Gasteiger partial charge in [0.05, 0.1) is 0 Å². The quantitative estimate of drug-likeness (QED) is 0.776. The molecule has 0 unspecified atom stereocenters. The lowest BCUT2D eigenvalue weighted by molar-refractivity contribution is -0.140. The van der Waals surface area contributed by atoms with Crippen LogP contribution in [-0.2, 0) is 9.59 Å². The summed E-state index contributed by atoms with van der Waals surface area (Å²) in [5.74, 6) is -1.47. The number of hydrogen-bond donors (Lipinski definition) is 2. The molecule has 0 aromatic heterocycles. The number of nitrogens with one attached hydrogen (secondary N) is 1. The van der Waals surface area contributed by atoms with E-state index in [2.05, 4.69) is 5.32 Å². The van der Waals surface area contributed by atoms with Gasteiger partial charge in [-0.25, -0.2) is 0 Å². The van der Waals surface area contributed by atoms with Crippen molar-refractivity contribution in [2.45, 2.75) is 19.9 Å². The number of rotatable bonds is 4. The van der Waals surface area contributed by atoms with Crippen LogP contribution < -0.4 is 5.32 Å². The molecule has 4 heteroatoms. The average molecular weight is 233 g/mol. The Hall–Kier alpha value is -2.10. The van der Waals surface area contributed by atoms with Gasteiger partial charge in [-0.2, -0.15) is 0 Å². The van der Waals surface area contributed by atoms with E-state index >= 15 is 0 Å². The van der Waals surface area contributed by atoms with Gasteiger partial charge in [0, 0.05) is 6.08 Å². The molecule has 0 radical (unpaired) electrons. The van der Waals surface area contributed by atoms with E-state index in [1.807, 2.05) is 31.2 Å². The highest BCUT2D eigenvalue weighted by atomic mass is 16.4. The van der Waals surface area contributed by atoms with Crippen LogP contribution in [0, 0.1) is 6.92 Å². The van der Waals surface area contributed by atoms with Gasteiger partial charge in [0.25, 0.3) is 0 Å². The zero-order valence-corrected chi connectivity index (χ0v) is 9.81. The summed E-state index contributed by atoms with van der Waals surface area (Å²) in [4.78, 5) is 21.9. The SMILES string of the molecule is Cc1ccccc1/C=C/C(=O)N[C@H](C)C(=O)O. The van der Waals surface area contributed by atoms with Crippen molar-refractivity contribution in [2.75, 3.05) is 0 Å². The van der Waals surface area contributed by atoms with Gasteiger partial charge in [0.2, 0.25) is 5.91 Å². The fourth-order valence-corrected chi connectivity index (χ4v) is 1.26. The summed E-state index contributed by atoms with van der Waals surface area (Å²) in [6.07, 6.45) is 3.00. The van der Waals surface area contributed by atoms with Gasteiger partial charge in [-0.15, -0.1) is 0 Å². The van der Waals surface area contributed by atoms with E-state index in [1.54, 1.807) is 6.08 Å². The van der Waals surface area contributed by atoms with Crippen LogP contribution in [-0.4, -0.2) is 23.0 Å². The van der Waals surface area contributed by atoms with Crippen LogP contribution in [0.2, 0.25) is 0 Å². The number of carboxylic acid groups (broad SMARTS) is 1. The van der Waals surface area contributed by atoms with E-state index in [-0.39, 0.29) is 0 Å². The van der Waals surface area contributed by atoms with Crippen LogP contribution >= 0.6 is 0 Å². The van der Waals surface area contributed by atoms with Gasteiger partial charge in [0.1, 0.15) is 6.04 Å². The minimum atomic E-state index is -1.05. The van der Waals surface area contributed by atoms with Crippen molar-refractivity contribution in [3.8, 4) is 0 Å². The summed E-state index contributed by atoms with van der Waals surface area (Å²) in [7, 11) is 0. The molecule has 4 nitrogen and oxygen atoms in total. The molecule has 1 amide bonds. The third-order valence-corrected chi connectivity index (χ3v) is 2.33. The average Bonchev–Trinajstić information content (AvgIpc) is 2.27. The maximum Gasteiger partial charge on any atom is 0.325 e. The molecular weight excluding hydrogens is 218 g/mol. The molecule has 0 heterocycles. The molecule has 0 aliphatic heterocycles. The summed E-state index contributed by atoms with van der Waals surface area (Å²) < 4.78 is 0. The Bertz CT molecular complexity index is 452. The van der Waals surface area contributed by atoms with Crippen molar-refractivity contribution in [1.82, 2.24) is 5.32 Å². The Morgan fingerprint density at radius 2 is 2.00 bits per heavy atom. The maximum absolute atomic E-state index is 11.4. The van der Waals surface area contributed by atoms with Crippen LogP contribution in [0.1, 0.15) is 18.1 Å². The zero-order valence-electron chi connectivity index (χ0n) is 9.81. The predicted octanol–water partition coefficient (Wildman–Crippen LogP) is 1.60. The molecule has 1 aromatic rings. The Morgan fingerprint density at radius 1 is 1.35 bits per heavy atom. The van der Waals surface area contributed by atoms with Crippen molar-refractivity contribution in [1.29, 1.82) is 0 Å². The smallest absolute Gasteiger partial charge is 0.325 e. The maximum atomic E-state index is 11.4. The molecule has 17 heavy (non-hydrogen) atoms. The van der Waals surface area contributed by atoms with Crippen molar-refractivity contribution in [2.24, 2.45) is 0 Å². The molecule has 0 spiro atoms. The van der Waals surface area contributed by atoms with E-state index in [4.69, 9.17) is 5.11 Å². The Balaban J connectivity index is 2.63. The highest BCUT2D eigenvalue weighted by Crippen LogP contribution is 2.08. The molecule has 90 valence electrons. The number of hydrogen-bond acceptors (Lipinski definition) is 2. The number of benzene rings is 1. The first kappa shape index (κ1) is 13.0. The fourth-order valence-electron chi connectivity index (χ4n) is 1.26. The molecule has 0 saturated heterocycles. The van der Waals surface area contributed by atoms with Gasteiger partial charge >= 0.3 is 5.97 Å². The lowest BCUT2D eigenvalue weighted by atomic mass is 10.1. The minimum Gasteiger partial charge on any atom is -0.480 e. The number of carboxylic acids is 1. The van der Waals surface area contributed by atoms with Crippen molar-refractivity contribution < 1.29 is 14.7 Å². The highest BCUT2D eigenvalue weighted by Gasteiger charge is 2.11. The van der Waals surface area contributed by atoms with Crippen LogP contribution in [0.5, 0.6) is 0 Å². The van der Waals surface area contributed by atoms with Crippen LogP contribution in [0.15, 0.2) is 30.3 Å². The van der Waals surface area contributed by atoms with E-state index in [1.165, 1.54) is 13.0 Å². The third kappa shape index (κ3) is 4.10. The van der Waals surface area contributed by atoms with Gasteiger partial charge in [-0.3, -0.25) is 9.59 Å². The molecule has 0 saturated carbocycles. The Kier molecular flexibility index (Phi) is 4.46. The van der Waals surface area contributed by atoms with Crippen molar-refractivity contribution in [3.63, 3.8) is 0 Å². The number of carbonyl (C=O) groups is 2. The summed E-state index contributed by atoms with van der Waals surface area (Å²) in [6.45, 7) is 3.36. The van der Waals surface area contributed by atoms with Crippen LogP contribution in [0.3, 0.4) is 0 Å². The van der Waals surface area contributed by atoms with Crippen LogP contribution in [0.4, 0.5) is 0 Å². The van der Waals surface area contributed by atoms with Gasteiger partial charge in [-0.05, 0) is 31.1 Å². The number of aryl methyl sites for hydroxylation is 1. The molecule has 0 bridgehead atoms. The number of carbonyl (C=O) groups excluding carboxylic acids is 1. The largest absolute Gasteiger partial charge is 0.480 e. The predicted molar refractivity (Wildman–Crippen MR) is 65.5 cm³/mol. The molecule has 1 atom stereocenters. The van der Waals surface area contributed by atoms with Gasteiger partial charge < -0.3 is 10.4 Å². The molecule has 0 fully saturated rings. The van der Waals surface area contributed by atoms with Crippen molar-refractivity contribution in [3.05, 3.63) is 41.5 Å². The lowest BCUT2D eigenvalue weighted by Crippen LogP contribution is -2.37. The second kappa shape index (κ2) is 5.84. The van der Waals surface area contributed by atoms with Gasteiger partial charge in [0.15, 0.2) is 0 Å². The Labute approximate surface area is 100.0 Å². The highest BCUT2D eigenvalue weighted by molar-refractivity contribution is 5.94. The molecule has 1 aromatic carbocycles. The van der Waals surface area contributed by atoms with Crippen LogP contribution in [0.25, 0.3) is 6.08 Å². The first-order valence-electron chi connectivity index (χ1n) is 5.27. The third-order valence-electron chi connectivity index (χ3n) is 2.33. The Morgan fingerprint density at radius 3 is 2.59 bits per heavy atom.